The molecule has 0 unspecified atom stereocenters. The van der Waals surface area contributed by atoms with Gasteiger partial charge < -0.3 is 0 Å². The van der Waals surface area contributed by atoms with E-state index in [4.69, 9.17) is 11.6 Å². The first-order valence-electron chi connectivity index (χ1n) is 5.52. The Labute approximate surface area is 115 Å². The second-order valence-electron chi connectivity index (χ2n) is 4.26. The molecule has 0 bridgehead atoms. The predicted molar refractivity (Wildman–Crippen MR) is 75.3 cm³/mol. The second kappa shape index (κ2) is 5.23. The van der Waals surface area contributed by atoms with Crippen LogP contribution in [0.15, 0.2) is 30.5 Å². The molecule has 17 heavy (non-hydrogen) atoms. The highest BCUT2D eigenvalue weighted by molar-refractivity contribution is 9.08. The summed E-state index contributed by atoms with van der Waals surface area (Å²) in [6, 6.07) is 8.03. The maximum atomic E-state index is 6.25. The van der Waals surface area contributed by atoms with Gasteiger partial charge in [0.25, 0.3) is 0 Å². The van der Waals surface area contributed by atoms with Crippen LogP contribution in [0, 0.1) is 0 Å². The third-order valence-electron chi connectivity index (χ3n) is 2.61. The SMILES string of the molecule is CC(C)c1ccn(-c2ccc(CBr)cc2Cl)n1. The van der Waals surface area contributed by atoms with Crippen molar-refractivity contribution in [2.24, 2.45) is 0 Å². The van der Waals surface area contributed by atoms with Gasteiger partial charge in [-0.05, 0) is 29.7 Å². The molecule has 0 saturated carbocycles. The number of aromatic nitrogens is 2. The van der Waals surface area contributed by atoms with Crippen molar-refractivity contribution in [3.63, 3.8) is 0 Å². The summed E-state index contributed by atoms with van der Waals surface area (Å²) >= 11 is 9.66. The standard InChI is InChI=1S/C13H14BrClN2/c1-9(2)12-5-6-17(16-12)13-4-3-10(8-14)7-11(13)15/h3-7,9H,8H2,1-2H3. The quantitative estimate of drug-likeness (QED) is 0.760. The summed E-state index contributed by atoms with van der Waals surface area (Å²) in [5.74, 6) is 0.428. The van der Waals surface area contributed by atoms with Gasteiger partial charge in [-0.2, -0.15) is 5.10 Å². The average molecular weight is 314 g/mol. The van der Waals surface area contributed by atoms with Crippen LogP contribution in [0.2, 0.25) is 5.02 Å². The third-order valence-corrected chi connectivity index (χ3v) is 3.56. The summed E-state index contributed by atoms with van der Waals surface area (Å²) in [6.07, 6.45) is 1.95. The molecule has 0 aliphatic rings. The number of benzene rings is 1. The lowest BCUT2D eigenvalue weighted by Gasteiger charge is -2.06. The molecule has 0 saturated heterocycles. The molecule has 0 spiro atoms. The first kappa shape index (κ1) is 12.7. The van der Waals surface area contributed by atoms with Crippen molar-refractivity contribution in [1.29, 1.82) is 0 Å². The summed E-state index contributed by atoms with van der Waals surface area (Å²) in [4.78, 5) is 0. The Hall–Kier alpha value is -0.800. The lowest BCUT2D eigenvalue weighted by Crippen LogP contribution is -1.98. The summed E-state index contributed by atoms with van der Waals surface area (Å²) in [7, 11) is 0. The van der Waals surface area contributed by atoms with Crippen molar-refractivity contribution in [2.45, 2.75) is 25.1 Å². The smallest absolute Gasteiger partial charge is 0.0832 e. The van der Waals surface area contributed by atoms with Crippen LogP contribution < -0.4 is 0 Å². The zero-order valence-corrected chi connectivity index (χ0v) is 12.2. The van der Waals surface area contributed by atoms with Crippen molar-refractivity contribution in [1.82, 2.24) is 9.78 Å². The zero-order valence-electron chi connectivity index (χ0n) is 9.82. The molecule has 2 aromatic rings. The lowest BCUT2D eigenvalue weighted by molar-refractivity contribution is 0.768. The Morgan fingerprint density at radius 1 is 1.35 bits per heavy atom. The van der Waals surface area contributed by atoms with Crippen molar-refractivity contribution in [2.75, 3.05) is 0 Å². The van der Waals surface area contributed by atoms with Gasteiger partial charge in [-0.25, -0.2) is 4.68 Å². The van der Waals surface area contributed by atoms with Crippen LogP contribution in [0.3, 0.4) is 0 Å². The predicted octanol–water partition coefficient (Wildman–Crippen LogP) is 4.54. The van der Waals surface area contributed by atoms with Gasteiger partial charge in [0.2, 0.25) is 0 Å². The minimum absolute atomic E-state index is 0.428. The van der Waals surface area contributed by atoms with E-state index < -0.39 is 0 Å². The molecular formula is C13H14BrClN2. The van der Waals surface area contributed by atoms with Gasteiger partial charge in [-0.15, -0.1) is 0 Å². The van der Waals surface area contributed by atoms with Gasteiger partial charge in [-0.3, -0.25) is 0 Å². The Morgan fingerprint density at radius 2 is 2.12 bits per heavy atom. The van der Waals surface area contributed by atoms with Gasteiger partial charge in [0.05, 0.1) is 16.4 Å². The molecule has 0 amide bonds. The molecule has 0 radical (unpaired) electrons. The van der Waals surface area contributed by atoms with Gasteiger partial charge in [0.1, 0.15) is 0 Å². The number of hydrogen-bond donors (Lipinski definition) is 0. The number of rotatable bonds is 3. The van der Waals surface area contributed by atoms with Gasteiger partial charge in [-0.1, -0.05) is 47.4 Å². The molecule has 90 valence electrons. The second-order valence-corrected chi connectivity index (χ2v) is 5.23. The van der Waals surface area contributed by atoms with E-state index in [1.54, 1.807) is 0 Å². The molecular weight excluding hydrogens is 300 g/mol. The van der Waals surface area contributed by atoms with E-state index >= 15 is 0 Å². The topological polar surface area (TPSA) is 17.8 Å². The molecule has 1 aromatic carbocycles. The Balaban J connectivity index is 2.38. The number of hydrogen-bond acceptors (Lipinski definition) is 1. The molecule has 0 aliphatic heterocycles. The average Bonchev–Trinajstić information content (AvgIpc) is 2.78. The molecule has 0 atom stereocenters. The van der Waals surface area contributed by atoms with E-state index in [0.717, 1.165) is 27.3 Å². The van der Waals surface area contributed by atoms with E-state index in [1.807, 2.05) is 35.1 Å². The van der Waals surface area contributed by atoms with E-state index in [2.05, 4.69) is 34.9 Å². The van der Waals surface area contributed by atoms with Crippen LogP contribution >= 0.6 is 27.5 Å². The van der Waals surface area contributed by atoms with E-state index in [0.29, 0.717) is 5.92 Å². The first-order chi connectivity index (χ1) is 8.11. The normalized spacial score (nSPS) is 11.1. The van der Waals surface area contributed by atoms with Crippen molar-refractivity contribution in [3.05, 3.63) is 46.7 Å². The van der Waals surface area contributed by atoms with E-state index in [9.17, 15) is 0 Å². The fraction of sp³-hybridized carbons (Fsp3) is 0.308. The molecule has 2 nitrogen and oxygen atoms in total. The monoisotopic (exact) mass is 312 g/mol. The number of halogens is 2. The van der Waals surface area contributed by atoms with Gasteiger partial charge in [0.15, 0.2) is 0 Å². The van der Waals surface area contributed by atoms with E-state index in [1.165, 1.54) is 0 Å². The Kier molecular flexibility index (Phi) is 3.89. The summed E-state index contributed by atoms with van der Waals surface area (Å²) < 4.78 is 1.83. The lowest BCUT2D eigenvalue weighted by atomic mass is 10.1. The molecule has 2 rings (SSSR count). The van der Waals surface area contributed by atoms with Crippen LogP contribution in [0.1, 0.15) is 31.0 Å². The minimum Gasteiger partial charge on any atom is -0.239 e. The fourth-order valence-corrected chi connectivity index (χ4v) is 2.24. The fourth-order valence-electron chi connectivity index (χ4n) is 1.60. The van der Waals surface area contributed by atoms with Crippen LogP contribution in [-0.2, 0) is 5.33 Å². The maximum Gasteiger partial charge on any atom is 0.0832 e. The zero-order chi connectivity index (χ0) is 12.4. The molecule has 1 aromatic heterocycles. The highest BCUT2D eigenvalue weighted by Crippen LogP contribution is 2.23. The Morgan fingerprint density at radius 3 is 2.65 bits per heavy atom. The molecule has 0 fully saturated rings. The number of alkyl halides is 1. The molecule has 0 N–H and O–H groups in total. The van der Waals surface area contributed by atoms with Crippen molar-refractivity contribution < 1.29 is 0 Å². The molecule has 1 heterocycles. The Bertz CT molecular complexity index is 520. The van der Waals surface area contributed by atoms with Crippen molar-refractivity contribution in [3.8, 4) is 5.69 Å². The molecule has 0 aliphatic carbocycles. The molecule has 4 heteroatoms. The van der Waals surface area contributed by atoms with Gasteiger partial charge in [0, 0.05) is 11.5 Å². The maximum absolute atomic E-state index is 6.25. The highest BCUT2D eigenvalue weighted by atomic mass is 79.9. The number of nitrogens with zero attached hydrogens (tertiary/aromatic N) is 2. The first-order valence-corrected chi connectivity index (χ1v) is 7.02. The van der Waals surface area contributed by atoms with Crippen molar-refractivity contribution >= 4 is 27.5 Å². The van der Waals surface area contributed by atoms with Crippen LogP contribution in [0.4, 0.5) is 0 Å². The largest absolute Gasteiger partial charge is 0.239 e. The minimum atomic E-state index is 0.428. The van der Waals surface area contributed by atoms with E-state index in [-0.39, 0.29) is 0 Å². The summed E-state index contributed by atoms with van der Waals surface area (Å²) in [6.45, 7) is 4.25. The third kappa shape index (κ3) is 2.72. The van der Waals surface area contributed by atoms with Crippen LogP contribution in [-0.4, -0.2) is 9.78 Å². The van der Waals surface area contributed by atoms with Gasteiger partial charge >= 0.3 is 0 Å². The summed E-state index contributed by atoms with van der Waals surface area (Å²) in [5, 5.41) is 6.05. The van der Waals surface area contributed by atoms with Crippen LogP contribution in [0.25, 0.3) is 5.69 Å². The summed E-state index contributed by atoms with van der Waals surface area (Å²) in [5.41, 5.74) is 3.16. The van der Waals surface area contributed by atoms with Crippen LogP contribution in [0.5, 0.6) is 0 Å². The highest BCUT2D eigenvalue weighted by Gasteiger charge is 2.08.